The highest BCUT2D eigenvalue weighted by molar-refractivity contribution is 4.68. The Morgan fingerprint density at radius 2 is 2.15 bits per heavy atom. The quantitative estimate of drug-likeness (QED) is 0.649. The third-order valence-corrected chi connectivity index (χ3v) is 2.46. The molecule has 1 fully saturated rings. The van der Waals surface area contributed by atoms with Crippen LogP contribution in [0.4, 0.5) is 0 Å². The molecule has 0 spiro atoms. The average Bonchev–Trinajstić information content (AvgIpc) is 2.64. The normalized spacial score (nSPS) is 20.8. The number of likely N-dealkylation sites (N-methyl/N-ethyl adjacent to an activating group) is 1. The molecule has 0 bridgehead atoms. The summed E-state index contributed by atoms with van der Waals surface area (Å²) in [5.74, 6) is 0. The van der Waals surface area contributed by atoms with Gasteiger partial charge in [-0.25, -0.2) is 0 Å². The summed E-state index contributed by atoms with van der Waals surface area (Å²) in [6, 6.07) is 0. The maximum Gasteiger partial charge on any atom is 0.0897 e. The Hall–Kier alpha value is -0.120. The van der Waals surface area contributed by atoms with Crippen molar-refractivity contribution < 1.29 is 9.84 Å². The van der Waals surface area contributed by atoms with Crippen molar-refractivity contribution in [1.82, 2.24) is 5.32 Å². The zero-order valence-electron chi connectivity index (χ0n) is 8.46. The molecule has 3 heteroatoms. The highest BCUT2D eigenvalue weighted by Crippen LogP contribution is 2.20. The lowest BCUT2D eigenvalue weighted by molar-refractivity contribution is -0.00522. The van der Waals surface area contributed by atoms with Gasteiger partial charge in [0.1, 0.15) is 0 Å². The van der Waals surface area contributed by atoms with Crippen LogP contribution in [0.3, 0.4) is 0 Å². The van der Waals surface area contributed by atoms with Crippen LogP contribution in [-0.4, -0.2) is 37.0 Å². The molecule has 1 saturated carbocycles. The predicted octanol–water partition coefficient (Wildman–Crippen LogP) is 0.916. The van der Waals surface area contributed by atoms with E-state index in [4.69, 9.17) is 4.74 Å². The highest BCUT2D eigenvalue weighted by Gasteiger charge is 2.16. The Morgan fingerprint density at radius 3 is 2.77 bits per heavy atom. The van der Waals surface area contributed by atoms with Crippen molar-refractivity contribution in [3.05, 3.63) is 0 Å². The Kier molecular flexibility index (Phi) is 5.35. The lowest BCUT2D eigenvalue weighted by Gasteiger charge is -2.15. The first-order valence-corrected chi connectivity index (χ1v) is 5.33. The van der Waals surface area contributed by atoms with E-state index >= 15 is 0 Å². The van der Waals surface area contributed by atoms with Crippen LogP contribution < -0.4 is 5.32 Å². The van der Waals surface area contributed by atoms with Gasteiger partial charge in [-0.3, -0.25) is 0 Å². The van der Waals surface area contributed by atoms with Crippen molar-refractivity contribution in [1.29, 1.82) is 0 Å². The molecule has 0 aromatic rings. The Labute approximate surface area is 80.5 Å². The van der Waals surface area contributed by atoms with Crippen LogP contribution >= 0.6 is 0 Å². The van der Waals surface area contributed by atoms with Gasteiger partial charge in [0, 0.05) is 6.54 Å². The van der Waals surface area contributed by atoms with Gasteiger partial charge in [0.15, 0.2) is 0 Å². The van der Waals surface area contributed by atoms with E-state index in [1.165, 1.54) is 25.7 Å². The minimum absolute atomic E-state index is 0.347. The number of ether oxygens (including phenoxy) is 1. The maximum atomic E-state index is 9.45. The molecule has 3 nitrogen and oxygen atoms in total. The van der Waals surface area contributed by atoms with Crippen LogP contribution in [-0.2, 0) is 4.74 Å². The molecule has 0 radical (unpaired) electrons. The van der Waals surface area contributed by atoms with Crippen molar-refractivity contribution >= 4 is 0 Å². The van der Waals surface area contributed by atoms with Crippen molar-refractivity contribution in [3.8, 4) is 0 Å². The molecule has 0 saturated heterocycles. The second-order valence-corrected chi connectivity index (χ2v) is 3.70. The summed E-state index contributed by atoms with van der Waals surface area (Å²) in [5, 5.41) is 12.5. The third-order valence-electron chi connectivity index (χ3n) is 2.46. The third kappa shape index (κ3) is 4.60. The number of aliphatic hydroxyl groups is 1. The topological polar surface area (TPSA) is 41.5 Å². The smallest absolute Gasteiger partial charge is 0.0897 e. The molecule has 0 heterocycles. The van der Waals surface area contributed by atoms with Crippen LogP contribution in [0.1, 0.15) is 32.6 Å². The molecular formula is C10H21NO2. The summed E-state index contributed by atoms with van der Waals surface area (Å²) in [6.45, 7) is 4.06. The van der Waals surface area contributed by atoms with E-state index in [9.17, 15) is 5.11 Å². The van der Waals surface area contributed by atoms with Crippen molar-refractivity contribution in [3.63, 3.8) is 0 Å². The van der Waals surface area contributed by atoms with Gasteiger partial charge in [-0.2, -0.15) is 0 Å². The zero-order chi connectivity index (χ0) is 9.52. The molecule has 13 heavy (non-hydrogen) atoms. The maximum absolute atomic E-state index is 9.45. The van der Waals surface area contributed by atoms with Gasteiger partial charge in [0.2, 0.25) is 0 Å². The fourth-order valence-electron chi connectivity index (χ4n) is 1.67. The van der Waals surface area contributed by atoms with E-state index in [1.54, 1.807) is 0 Å². The number of aliphatic hydroxyl groups excluding tert-OH is 1. The predicted molar refractivity (Wildman–Crippen MR) is 52.8 cm³/mol. The molecule has 1 rings (SSSR count). The second-order valence-electron chi connectivity index (χ2n) is 3.70. The van der Waals surface area contributed by atoms with Gasteiger partial charge >= 0.3 is 0 Å². The Balaban J connectivity index is 1.97. The minimum Gasteiger partial charge on any atom is -0.389 e. The fourth-order valence-corrected chi connectivity index (χ4v) is 1.67. The average molecular weight is 187 g/mol. The first kappa shape index (κ1) is 11.0. The van der Waals surface area contributed by atoms with Crippen molar-refractivity contribution in [2.75, 3.05) is 19.7 Å². The van der Waals surface area contributed by atoms with E-state index in [0.717, 1.165) is 6.54 Å². The van der Waals surface area contributed by atoms with Crippen LogP contribution in [0, 0.1) is 0 Å². The van der Waals surface area contributed by atoms with Gasteiger partial charge < -0.3 is 15.2 Å². The van der Waals surface area contributed by atoms with Crippen LogP contribution in [0.2, 0.25) is 0 Å². The summed E-state index contributed by atoms with van der Waals surface area (Å²) >= 11 is 0. The Morgan fingerprint density at radius 1 is 1.46 bits per heavy atom. The van der Waals surface area contributed by atoms with Crippen molar-refractivity contribution in [2.24, 2.45) is 0 Å². The molecule has 1 atom stereocenters. The summed E-state index contributed by atoms with van der Waals surface area (Å²) in [4.78, 5) is 0. The van der Waals surface area contributed by atoms with Gasteiger partial charge in [-0.05, 0) is 19.4 Å². The molecular weight excluding hydrogens is 166 g/mol. The minimum atomic E-state index is -0.347. The Bertz CT molecular complexity index is 124. The molecule has 78 valence electrons. The van der Waals surface area contributed by atoms with Gasteiger partial charge in [-0.1, -0.05) is 19.8 Å². The monoisotopic (exact) mass is 187 g/mol. The SMILES string of the molecule is CCNCC(O)COC1CCCC1. The molecule has 1 aliphatic carbocycles. The van der Waals surface area contributed by atoms with Crippen LogP contribution in [0.25, 0.3) is 0 Å². The van der Waals surface area contributed by atoms with Gasteiger partial charge in [0.05, 0.1) is 18.8 Å². The van der Waals surface area contributed by atoms with E-state index in [2.05, 4.69) is 5.32 Å². The summed E-state index contributed by atoms with van der Waals surface area (Å²) < 4.78 is 5.57. The standard InChI is InChI=1S/C10H21NO2/c1-2-11-7-9(12)8-13-10-5-3-4-6-10/h9-12H,2-8H2,1H3. The molecule has 0 amide bonds. The fraction of sp³-hybridized carbons (Fsp3) is 1.00. The van der Waals surface area contributed by atoms with E-state index in [0.29, 0.717) is 19.3 Å². The van der Waals surface area contributed by atoms with Gasteiger partial charge in [0.25, 0.3) is 0 Å². The summed E-state index contributed by atoms with van der Waals surface area (Å²) in [7, 11) is 0. The largest absolute Gasteiger partial charge is 0.389 e. The summed E-state index contributed by atoms with van der Waals surface area (Å²) in [6.07, 6.45) is 4.99. The lowest BCUT2D eigenvalue weighted by atomic mass is 10.3. The summed E-state index contributed by atoms with van der Waals surface area (Å²) in [5.41, 5.74) is 0. The molecule has 2 N–H and O–H groups in total. The van der Waals surface area contributed by atoms with Crippen LogP contribution in [0.5, 0.6) is 0 Å². The highest BCUT2D eigenvalue weighted by atomic mass is 16.5. The molecule has 1 unspecified atom stereocenters. The van der Waals surface area contributed by atoms with Crippen LogP contribution in [0.15, 0.2) is 0 Å². The van der Waals surface area contributed by atoms with E-state index in [1.807, 2.05) is 6.92 Å². The van der Waals surface area contributed by atoms with E-state index < -0.39 is 0 Å². The second kappa shape index (κ2) is 6.35. The first-order chi connectivity index (χ1) is 6.33. The number of hydrogen-bond acceptors (Lipinski definition) is 3. The molecule has 0 aliphatic heterocycles. The zero-order valence-corrected chi connectivity index (χ0v) is 8.46. The van der Waals surface area contributed by atoms with E-state index in [-0.39, 0.29) is 6.10 Å². The van der Waals surface area contributed by atoms with Gasteiger partial charge in [-0.15, -0.1) is 0 Å². The molecule has 0 aromatic carbocycles. The first-order valence-electron chi connectivity index (χ1n) is 5.33. The molecule has 0 aromatic heterocycles. The molecule has 1 aliphatic rings. The number of rotatable bonds is 6. The lowest BCUT2D eigenvalue weighted by Crippen LogP contribution is -2.31. The van der Waals surface area contributed by atoms with Crippen molar-refractivity contribution in [2.45, 2.75) is 44.8 Å². The number of hydrogen-bond donors (Lipinski definition) is 2. The number of nitrogens with one attached hydrogen (secondary N) is 1.